The summed E-state index contributed by atoms with van der Waals surface area (Å²) in [6, 6.07) is 24.8. The highest BCUT2D eigenvalue weighted by atomic mass is 14.8. The number of nitrogens with zero attached hydrogens (tertiary/aromatic N) is 2. The number of aryl methyl sites for hydroxylation is 1. The molecular weight excluding hydrogens is 412 g/mol. The van der Waals surface area contributed by atoms with Gasteiger partial charge in [0.05, 0.1) is 23.2 Å². The number of benzene rings is 3. The van der Waals surface area contributed by atoms with Gasteiger partial charge in [0.25, 0.3) is 0 Å². The van der Waals surface area contributed by atoms with E-state index in [-0.39, 0.29) is 11.8 Å². The Balaban J connectivity index is 1.52. The zero-order chi connectivity index (χ0) is 22.4. The molecule has 0 saturated carbocycles. The van der Waals surface area contributed by atoms with Crippen LogP contribution in [0.25, 0.3) is 5.57 Å². The Labute approximate surface area is 199 Å². The zero-order valence-electron chi connectivity index (χ0n) is 19.1. The molecule has 0 radical (unpaired) electrons. The lowest BCUT2D eigenvalue weighted by Gasteiger charge is -2.37. The molecule has 2 heteroatoms. The molecule has 0 fully saturated rings. The van der Waals surface area contributed by atoms with Crippen LogP contribution in [0.1, 0.15) is 68.1 Å². The lowest BCUT2D eigenvalue weighted by molar-refractivity contribution is 0.746. The highest BCUT2D eigenvalue weighted by molar-refractivity contribution is 5.87. The van der Waals surface area contributed by atoms with Crippen molar-refractivity contribution < 1.29 is 0 Å². The summed E-state index contributed by atoms with van der Waals surface area (Å²) in [5, 5.41) is 0. The van der Waals surface area contributed by atoms with E-state index in [2.05, 4.69) is 79.7 Å². The third-order valence-electron chi connectivity index (χ3n) is 8.38. The topological polar surface area (TPSA) is 25.8 Å². The minimum atomic E-state index is 0.127. The average Bonchev–Trinajstić information content (AvgIpc) is 3.13. The molecular formula is C32H24N2. The predicted molar refractivity (Wildman–Crippen MR) is 135 cm³/mol. The first-order valence-electron chi connectivity index (χ1n) is 12.3. The summed E-state index contributed by atoms with van der Waals surface area (Å²) in [7, 11) is 0. The van der Waals surface area contributed by atoms with Crippen LogP contribution in [-0.2, 0) is 12.8 Å². The van der Waals surface area contributed by atoms with Crippen LogP contribution in [0, 0.1) is 6.92 Å². The van der Waals surface area contributed by atoms with Crippen molar-refractivity contribution in [2.24, 2.45) is 0 Å². The monoisotopic (exact) mass is 436 g/mol. The Morgan fingerprint density at radius 2 is 1.50 bits per heavy atom. The lowest BCUT2D eigenvalue weighted by atomic mass is 9.66. The van der Waals surface area contributed by atoms with E-state index >= 15 is 0 Å². The maximum absolute atomic E-state index is 5.06. The van der Waals surface area contributed by atoms with Crippen molar-refractivity contribution in [2.75, 3.05) is 0 Å². The molecule has 3 atom stereocenters. The summed E-state index contributed by atoms with van der Waals surface area (Å²) in [4.78, 5) is 10.1. The number of fused-ring (bicyclic) bond motifs is 5. The molecule has 2 nitrogen and oxygen atoms in total. The lowest BCUT2D eigenvalue weighted by Crippen LogP contribution is -2.23. The Morgan fingerprint density at radius 1 is 0.765 bits per heavy atom. The summed E-state index contributed by atoms with van der Waals surface area (Å²) in [5.41, 5.74) is 16.9. The fourth-order valence-corrected chi connectivity index (χ4v) is 7.27. The number of rotatable bonds is 1. The largest absolute Gasteiger partial charge is 0.257 e. The van der Waals surface area contributed by atoms with Crippen LogP contribution in [0.15, 0.2) is 96.3 Å². The first kappa shape index (κ1) is 18.6. The van der Waals surface area contributed by atoms with Gasteiger partial charge in [0.1, 0.15) is 0 Å². The second kappa shape index (κ2) is 6.64. The normalized spacial score (nSPS) is 23.0. The summed E-state index contributed by atoms with van der Waals surface area (Å²) < 4.78 is 0. The molecule has 0 saturated heterocycles. The molecule has 34 heavy (non-hydrogen) atoms. The second-order valence-corrected chi connectivity index (χ2v) is 10.1. The highest BCUT2D eigenvalue weighted by Gasteiger charge is 2.49. The first-order chi connectivity index (χ1) is 16.8. The van der Waals surface area contributed by atoms with Crippen molar-refractivity contribution in [2.45, 2.75) is 37.5 Å². The fourth-order valence-electron chi connectivity index (χ4n) is 7.27. The van der Waals surface area contributed by atoms with Gasteiger partial charge in [0.15, 0.2) is 0 Å². The minimum Gasteiger partial charge on any atom is -0.257 e. The minimum absolute atomic E-state index is 0.127. The third kappa shape index (κ3) is 2.31. The molecule has 4 aromatic rings. The van der Waals surface area contributed by atoms with Gasteiger partial charge in [-0.05, 0) is 69.9 Å². The maximum atomic E-state index is 5.06. The van der Waals surface area contributed by atoms with Crippen molar-refractivity contribution in [1.29, 1.82) is 0 Å². The predicted octanol–water partition coefficient (Wildman–Crippen LogP) is 6.65. The van der Waals surface area contributed by atoms with Gasteiger partial charge >= 0.3 is 0 Å². The van der Waals surface area contributed by atoms with E-state index in [1.54, 1.807) is 11.1 Å². The number of hydrogen-bond donors (Lipinski definition) is 0. The summed E-state index contributed by atoms with van der Waals surface area (Å²) in [5.74, 6) is 0.598. The molecule has 0 amide bonds. The molecule has 3 aromatic carbocycles. The van der Waals surface area contributed by atoms with Crippen molar-refractivity contribution in [3.63, 3.8) is 0 Å². The van der Waals surface area contributed by atoms with Gasteiger partial charge in [-0.15, -0.1) is 0 Å². The van der Waals surface area contributed by atoms with Gasteiger partial charge in [0.2, 0.25) is 0 Å². The van der Waals surface area contributed by atoms with Gasteiger partial charge in [0, 0.05) is 18.3 Å². The van der Waals surface area contributed by atoms with Crippen molar-refractivity contribution in [1.82, 2.24) is 9.97 Å². The Hall–Kier alpha value is -3.78. The van der Waals surface area contributed by atoms with E-state index in [4.69, 9.17) is 9.97 Å². The standard InChI is InChI=1S/C32H24N2/c1-18-15-20-11-12-24-27(19-7-3-2-4-8-19)31-32(34-14-13-33-31)30-23-10-6-5-9-22(23)25-17-21(16-18)26(20)28(24)29(25)30/h2-10,12-16,27-28,30H,11,17H2,1H3. The van der Waals surface area contributed by atoms with Crippen molar-refractivity contribution in [3.8, 4) is 0 Å². The van der Waals surface area contributed by atoms with Gasteiger partial charge in [-0.3, -0.25) is 9.97 Å². The molecule has 1 aromatic heterocycles. The van der Waals surface area contributed by atoms with E-state index in [1.807, 2.05) is 12.4 Å². The number of aromatic nitrogens is 2. The summed E-state index contributed by atoms with van der Waals surface area (Å²) in [6.07, 6.45) is 8.30. The van der Waals surface area contributed by atoms with E-state index in [0.29, 0.717) is 5.92 Å². The molecule has 0 aliphatic heterocycles. The van der Waals surface area contributed by atoms with Gasteiger partial charge in [-0.25, -0.2) is 0 Å². The quantitative estimate of drug-likeness (QED) is 0.312. The SMILES string of the molecule is Cc1cc2c3c(c1)CC1=C4C3C(=CC2)C(c2ccccc2)c2nccnc2C4c2ccccc21. The van der Waals surface area contributed by atoms with Crippen molar-refractivity contribution in [3.05, 3.63) is 147 Å². The molecule has 3 unspecified atom stereocenters. The van der Waals surface area contributed by atoms with Crippen LogP contribution in [0.4, 0.5) is 0 Å². The molecule has 0 bridgehead atoms. The molecule has 0 N–H and O–H groups in total. The molecule has 162 valence electrons. The molecule has 1 heterocycles. The molecule has 8 rings (SSSR count). The van der Waals surface area contributed by atoms with Gasteiger partial charge < -0.3 is 0 Å². The van der Waals surface area contributed by atoms with E-state index in [1.165, 1.54) is 44.5 Å². The molecule has 0 spiro atoms. The number of allylic oxidation sites excluding steroid dienone is 4. The average molecular weight is 437 g/mol. The van der Waals surface area contributed by atoms with Gasteiger partial charge in [-0.2, -0.15) is 0 Å². The molecule has 4 aliphatic rings. The fraction of sp³-hybridized carbons (Fsp3) is 0.188. The third-order valence-corrected chi connectivity index (χ3v) is 8.38. The van der Waals surface area contributed by atoms with Crippen LogP contribution in [0.3, 0.4) is 0 Å². The van der Waals surface area contributed by atoms with Crippen LogP contribution in [-0.4, -0.2) is 9.97 Å². The number of hydrogen-bond acceptors (Lipinski definition) is 2. The summed E-state index contributed by atoms with van der Waals surface area (Å²) in [6.45, 7) is 2.24. The van der Waals surface area contributed by atoms with Gasteiger partial charge in [-0.1, -0.05) is 78.4 Å². The Kier molecular flexibility index (Phi) is 3.63. The van der Waals surface area contributed by atoms with Crippen LogP contribution in [0.5, 0.6) is 0 Å². The second-order valence-electron chi connectivity index (χ2n) is 10.1. The van der Waals surface area contributed by atoms with Crippen LogP contribution < -0.4 is 0 Å². The Morgan fingerprint density at radius 3 is 2.35 bits per heavy atom. The van der Waals surface area contributed by atoms with Crippen LogP contribution >= 0.6 is 0 Å². The highest BCUT2D eigenvalue weighted by Crippen LogP contribution is 2.62. The molecule has 4 aliphatic carbocycles. The maximum Gasteiger partial charge on any atom is 0.0744 e. The van der Waals surface area contributed by atoms with E-state index in [0.717, 1.165) is 24.2 Å². The smallest absolute Gasteiger partial charge is 0.0744 e. The van der Waals surface area contributed by atoms with Crippen molar-refractivity contribution >= 4 is 5.57 Å². The van der Waals surface area contributed by atoms with E-state index < -0.39 is 0 Å². The van der Waals surface area contributed by atoms with Crippen LogP contribution in [0.2, 0.25) is 0 Å². The zero-order valence-corrected chi connectivity index (χ0v) is 19.1. The summed E-state index contributed by atoms with van der Waals surface area (Å²) >= 11 is 0. The first-order valence-corrected chi connectivity index (χ1v) is 12.3. The Bertz CT molecular complexity index is 1550. The van der Waals surface area contributed by atoms with E-state index in [9.17, 15) is 0 Å².